The fourth-order valence-corrected chi connectivity index (χ4v) is 4.36. The standard InChI is InChI=1S/C26H24ClN3O/c1-26(2)17-30(25(31)21-7-4-8-23(27)14-21)10-9-22(26)12-19-13-24(29-16-19)20-6-3-5-18(11-20)15-28/h3-8,11-14H,9-10,16-17H2,1-2H3/b22-12+. The van der Waals surface area contributed by atoms with Crippen LogP contribution in [0.2, 0.25) is 5.02 Å². The van der Waals surface area contributed by atoms with E-state index >= 15 is 0 Å². The lowest BCUT2D eigenvalue weighted by Gasteiger charge is -2.40. The predicted octanol–water partition coefficient (Wildman–Crippen LogP) is 5.44. The van der Waals surface area contributed by atoms with Crippen LogP contribution in [0, 0.1) is 16.7 Å². The maximum Gasteiger partial charge on any atom is 0.253 e. The molecule has 0 aliphatic carbocycles. The van der Waals surface area contributed by atoms with Crippen molar-refractivity contribution in [3.63, 3.8) is 0 Å². The van der Waals surface area contributed by atoms with Gasteiger partial charge in [-0.25, -0.2) is 0 Å². The Hall–Kier alpha value is -3.16. The van der Waals surface area contributed by atoms with E-state index in [2.05, 4.69) is 37.1 Å². The average molecular weight is 430 g/mol. The number of nitriles is 1. The summed E-state index contributed by atoms with van der Waals surface area (Å²) in [7, 11) is 0. The van der Waals surface area contributed by atoms with Crippen LogP contribution in [0.3, 0.4) is 0 Å². The molecular weight excluding hydrogens is 406 g/mol. The Labute approximate surface area is 188 Å². The average Bonchev–Trinajstić information content (AvgIpc) is 3.23. The molecule has 0 N–H and O–H groups in total. The molecule has 4 nitrogen and oxygen atoms in total. The summed E-state index contributed by atoms with van der Waals surface area (Å²) in [6.45, 7) is 6.35. The lowest BCUT2D eigenvalue weighted by atomic mass is 9.78. The van der Waals surface area contributed by atoms with Crippen LogP contribution in [0.4, 0.5) is 0 Å². The first-order valence-corrected chi connectivity index (χ1v) is 10.7. The van der Waals surface area contributed by atoms with Crippen molar-refractivity contribution in [1.82, 2.24) is 4.90 Å². The maximum atomic E-state index is 12.9. The van der Waals surface area contributed by atoms with Crippen LogP contribution >= 0.6 is 11.6 Å². The number of aliphatic imine (C=N–C) groups is 1. The molecule has 0 spiro atoms. The van der Waals surface area contributed by atoms with Crippen molar-refractivity contribution < 1.29 is 4.79 Å². The lowest BCUT2D eigenvalue weighted by molar-refractivity contribution is 0.0663. The molecule has 1 fully saturated rings. The monoisotopic (exact) mass is 429 g/mol. The highest BCUT2D eigenvalue weighted by atomic mass is 35.5. The zero-order valence-corrected chi connectivity index (χ0v) is 18.5. The van der Waals surface area contributed by atoms with E-state index in [-0.39, 0.29) is 11.3 Å². The van der Waals surface area contributed by atoms with Crippen molar-refractivity contribution in [3.8, 4) is 6.07 Å². The van der Waals surface area contributed by atoms with Gasteiger partial charge in [0, 0.05) is 34.7 Å². The minimum atomic E-state index is -0.128. The molecule has 0 saturated carbocycles. The van der Waals surface area contributed by atoms with Gasteiger partial charge in [-0.2, -0.15) is 5.26 Å². The van der Waals surface area contributed by atoms with Crippen LogP contribution in [0.15, 0.2) is 76.8 Å². The van der Waals surface area contributed by atoms with E-state index in [4.69, 9.17) is 16.9 Å². The Morgan fingerprint density at radius 2 is 2.03 bits per heavy atom. The van der Waals surface area contributed by atoms with Gasteiger partial charge >= 0.3 is 0 Å². The number of hydrogen-bond donors (Lipinski definition) is 0. The Bertz CT molecular complexity index is 1170. The van der Waals surface area contributed by atoms with Crippen molar-refractivity contribution in [2.24, 2.45) is 10.4 Å². The highest BCUT2D eigenvalue weighted by Gasteiger charge is 2.33. The third-order valence-corrected chi connectivity index (χ3v) is 6.10. The summed E-state index contributed by atoms with van der Waals surface area (Å²) in [5, 5.41) is 9.70. The van der Waals surface area contributed by atoms with Crippen molar-refractivity contribution in [1.29, 1.82) is 5.26 Å². The number of carbonyl (C=O) groups excluding carboxylic acids is 1. The van der Waals surface area contributed by atoms with E-state index in [1.54, 1.807) is 18.2 Å². The fraction of sp³-hybridized carbons (Fsp3) is 0.269. The third kappa shape index (κ3) is 4.62. The molecule has 4 rings (SSSR count). The molecule has 2 aliphatic heterocycles. The van der Waals surface area contributed by atoms with Gasteiger partial charge in [0.25, 0.3) is 5.91 Å². The molecule has 31 heavy (non-hydrogen) atoms. The number of hydrogen-bond acceptors (Lipinski definition) is 3. The number of rotatable bonds is 3. The summed E-state index contributed by atoms with van der Waals surface area (Å²) in [5.41, 5.74) is 5.51. The number of piperidine rings is 1. The van der Waals surface area contributed by atoms with E-state index in [9.17, 15) is 4.79 Å². The summed E-state index contributed by atoms with van der Waals surface area (Å²) in [5.74, 6) is 0.0256. The molecule has 2 aromatic rings. The van der Waals surface area contributed by atoms with Crippen LogP contribution in [-0.4, -0.2) is 36.2 Å². The van der Waals surface area contributed by atoms with E-state index < -0.39 is 0 Å². The lowest BCUT2D eigenvalue weighted by Crippen LogP contribution is -2.45. The summed E-state index contributed by atoms with van der Waals surface area (Å²) in [6.07, 6.45) is 5.17. The van der Waals surface area contributed by atoms with Crippen LogP contribution < -0.4 is 0 Å². The first kappa shape index (κ1) is 21.1. The van der Waals surface area contributed by atoms with Gasteiger partial charge < -0.3 is 4.90 Å². The molecule has 1 saturated heterocycles. The smallest absolute Gasteiger partial charge is 0.253 e. The van der Waals surface area contributed by atoms with Crippen molar-refractivity contribution >= 4 is 23.2 Å². The minimum Gasteiger partial charge on any atom is -0.337 e. The van der Waals surface area contributed by atoms with Crippen molar-refractivity contribution in [2.45, 2.75) is 20.3 Å². The third-order valence-electron chi connectivity index (χ3n) is 5.87. The molecule has 2 heterocycles. The summed E-state index contributed by atoms with van der Waals surface area (Å²) >= 11 is 6.06. The molecule has 1 amide bonds. The number of benzene rings is 2. The first-order valence-electron chi connectivity index (χ1n) is 10.4. The number of nitrogens with zero attached hydrogens (tertiary/aromatic N) is 3. The van der Waals surface area contributed by atoms with Gasteiger partial charge in [-0.15, -0.1) is 0 Å². The van der Waals surface area contributed by atoms with Gasteiger partial charge in [0.2, 0.25) is 0 Å². The predicted molar refractivity (Wildman–Crippen MR) is 124 cm³/mol. The number of amides is 1. The molecular formula is C26H24ClN3O. The van der Waals surface area contributed by atoms with Gasteiger partial charge in [0.15, 0.2) is 0 Å². The van der Waals surface area contributed by atoms with E-state index in [1.807, 2.05) is 35.2 Å². The quantitative estimate of drug-likeness (QED) is 0.652. The van der Waals surface area contributed by atoms with Crippen LogP contribution in [0.5, 0.6) is 0 Å². The number of allylic oxidation sites excluding steroid dienone is 1. The Balaban J connectivity index is 1.49. The summed E-state index contributed by atoms with van der Waals surface area (Å²) in [4.78, 5) is 19.5. The number of likely N-dealkylation sites (tertiary alicyclic amines) is 1. The zero-order valence-electron chi connectivity index (χ0n) is 17.7. The van der Waals surface area contributed by atoms with Gasteiger partial charge in [-0.05, 0) is 48.4 Å². The molecule has 0 unspecified atom stereocenters. The van der Waals surface area contributed by atoms with Gasteiger partial charge in [0.1, 0.15) is 0 Å². The second-order valence-electron chi connectivity index (χ2n) is 8.65. The van der Waals surface area contributed by atoms with E-state index in [0.717, 1.165) is 23.3 Å². The Morgan fingerprint density at radius 3 is 2.77 bits per heavy atom. The summed E-state index contributed by atoms with van der Waals surface area (Å²) < 4.78 is 0. The van der Waals surface area contributed by atoms with E-state index in [1.165, 1.54) is 5.57 Å². The summed E-state index contributed by atoms with van der Waals surface area (Å²) in [6, 6.07) is 16.9. The van der Waals surface area contributed by atoms with Crippen LogP contribution in [0.1, 0.15) is 41.8 Å². The van der Waals surface area contributed by atoms with Crippen molar-refractivity contribution in [2.75, 3.05) is 19.6 Å². The molecule has 0 aromatic heterocycles. The molecule has 0 atom stereocenters. The largest absolute Gasteiger partial charge is 0.337 e. The van der Waals surface area contributed by atoms with Crippen LogP contribution in [0.25, 0.3) is 0 Å². The second kappa shape index (κ2) is 8.53. The fourth-order valence-electron chi connectivity index (χ4n) is 4.17. The molecule has 0 radical (unpaired) electrons. The zero-order chi connectivity index (χ0) is 22.0. The van der Waals surface area contributed by atoms with Gasteiger partial charge in [0.05, 0.1) is 23.9 Å². The molecule has 156 valence electrons. The number of halogens is 1. The molecule has 0 bridgehead atoms. The topological polar surface area (TPSA) is 56.5 Å². The SMILES string of the molecule is CC1(C)CN(C(=O)c2cccc(Cl)c2)CC/C1=C\C1=CC(c2cccc(C#N)c2)=NC1. The Morgan fingerprint density at radius 1 is 1.23 bits per heavy atom. The highest BCUT2D eigenvalue weighted by Crippen LogP contribution is 2.36. The minimum absolute atomic E-state index is 0.0256. The Kier molecular flexibility index (Phi) is 5.80. The van der Waals surface area contributed by atoms with Gasteiger partial charge in [-0.3, -0.25) is 9.79 Å². The normalized spacial score (nSPS) is 19.0. The van der Waals surface area contributed by atoms with Crippen LogP contribution in [-0.2, 0) is 0 Å². The highest BCUT2D eigenvalue weighted by molar-refractivity contribution is 6.31. The van der Waals surface area contributed by atoms with E-state index in [0.29, 0.717) is 35.8 Å². The molecule has 2 aromatic carbocycles. The number of carbonyl (C=O) groups is 1. The van der Waals surface area contributed by atoms with Gasteiger partial charge in [-0.1, -0.05) is 55.3 Å². The molecule has 5 heteroatoms. The van der Waals surface area contributed by atoms with Crippen molar-refractivity contribution in [3.05, 3.63) is 93.5 Å². The second-order valence-corrected chi connectivity index (χ2v) is 9.09. The maximum absolute atomic E-state index is 12.9. The first-order chi connectivity index (χ1) is 14.9. The molecule has 2 aliphatic rings.